The molecule has 0 unspecified atom stereocenters. The smallest absolute Gasteiger partial charge is 0.303 e. The second kappa shape index (κ2) is 23.6. The fourth-order valence-corrected chi connectivity index (χ4v) is 2.95. The Morgan fingerprint density at radius 1 is 0.552 bits per heavy atom. The minimum atomic E-state index is -1.11. The number of unbranched alkanes of at least 4 members (excludes halogenated alkanes) is 14. The molecule has 176 valence electrons. The number of carbonyl (C=O) groups is 1. The molecule has 0 heterocycles. The van der Waals surface area contributed by atoms with Crippen LogP contribution in [-0.4, -0.2) is 57.9 Å². The normalized spacial score (nSPS) is 11.2. The molecule has 0 aromatic heterocycles. The minimum Gasteiger partial charge on any atom is -0.481 e. The highest BCUT2D eigenvalue weighted by molar-refractivity contribution is 5.66. The highest BCUT2D eigenvalue weighted by Crippen LogP contribution is 2.14. The summed E-state index contributed by atoms with van der Waals surface area (Å²) in [6.07, 6.45) is 20.2. The second-order valence-corrected chi connectivity index (χ2v) is 8.23. The number of rotatable bonds is 20. The lowest BCUT2D eigenvalue weighted by molar-refractivity contribution is -0.137. The number of carboxylic acids is 1. The van der Waals surface area contributed by atoms with E-state index in [1.165, 1.54) is 83.5 Å². The van der Waals surface area contributed by atoms with Crippen LogP contribution in [0.1, 0.15) is 110 Å². The van der Waals surface area contributed by atoms with Crippen LogP contribution in [0.15, 0.2) is 0 Å². The van der Waals surface area contributed by atoms with E-state index in [1.807, 2.05) is 0 Å². The van der Waals surface area contributed by atoms with Crippen molar-refractivity contribution in [3.63, 3.8) is 0 Å². The summed E-state index contributed by atoms with van der Waals surface area (Å²) in [4.78, 5) is 10.3. The van der Waals surface area contributed by atoms with Gasteiger partial charge in [0.25, 0.3) is 0 Å². The molecule has 0 aromatic rings. The van der Waals surface area contributed by atoms with E-state index in [4.69, 9.17) is 25.5 Å². The van der Waals surface area contributed by atoms with Gasteiger partial charge >= 0.3 is 5.97 Å². The first-order valence-electron chi connectivity index (χ1n) is 11.7. The van der Waals surface area contributed by atoms with E-state index in [1.54, 1.807) is 0 Å². The summed E-state index contributed by atoms with van der Waals surface area (Å²) in [5, 5.41) is 42.5. The van der Waals surface area contributed by atoms with Crippen molar-refractivity contribution in [2.45, 2.75) is 110 Å². The molecule has 0 bridgehead atoms. The van der Waals surface area contributed by atoms with E-state index in [0.29, 0.717) is 6.42 Å². The van der Waals surface area contributed by atoms with Crippen LogP contribution in [-0.2, 0) is 4.79 Å². The van der Waals surface area contributed by atoms with Gasteiger partial charge in [-0.15, -0.1) is 0 Å². The summed E-state index contributed by atoms with van der Waals surface area (Å²) in [6.45, 7) is 0.645. The largest absolute Gasteiger partial charge is 0.481 e. The Kier molecular flexibility index (Phi) is 24.8. The number of aliphatic carboxylic acids is 1. The molecular weight excluding hydrogens is 372 g/mol. The monoisotopic (exact) mass is 420 g/mol. The average molecular weight is 421 g/mol. The van der Waals surface area contributed by atoms with Gasteiger partial charge < -0.3 is 25.5 Å². The molecule has 0 saturated heterocycles. The standard InChI is InChI=1S/C18H36O2.C5H12O4/c1-2-3-4-5-6-7-8-9-10-11-12-13-14-15-16-17-18(19)20;6-1-5(2-7,3-8)4-9/h2-17H2,1H3,(H,19,20);6-9H,1-4H2. The van der Waals surface area contributed by atoms with Gasteiger partial charge in [-0.2, -0.15) is 0 Å². The van der Waals surface area contributed by atoms with Crippen LogP contribution in [0.4, 0.5) is 0 Å². The maximum atomic E-state index is 10.3. The Bertz CT molecular complexity index is 314. The Balaban J connectivity index is 0. The first-order chi connectivity index (χ1) is 14.0. The van der Waals surface area contributed by atoms with Crippen molar-refractivity contribution in [1.82, 2.24) is 0 Å². The minimum absolute atomic E-state index is 0.345. The SMILES string of the molecule is CCCCCCCCCCCCCCCCCC(=O)O.OCC(CO)(CO)CO. The number of aliphatic hydroxyl groups excluding tert-OH is 4. The first kappa shape index (κ1) is 30.5. The molecule has 0 radical (unpaired) electrons. The van der Waals surface area contributed by atoms with Crippen molar-refractivity contribution in [2.24, 2.45) is 5.41 Å². The summed E-state index contributed by atoms with van der Waals surface area (Å²) >= 11 is 0. The van der Waals surface area contributed by atoms with Crippen LogP contribution in [0, 0.1) is 5.41 Å². The molecule has 0 amide bonds. The Morgan fingerprint density at radius 3 is 1.03 bits per heavy atom. The highest BCUT2D eigenvalue weighted by atomic mass is 16.4. The maximum absolute atomic E-state index is 10.3. The zero-order chi connectivity index (χ0) is 22.2. The molecule has 0 saturated carbocycles. The molecular formula is C23H48O6. The molecule has 5 N–H and O–H groups in total. The molecule has 0 spiro atoms. The lowest BCUT2D eigenvalue weighted by Crippen LogP contribution is -2.37. The van der Waals surface area contributed by atoms with E-state index in [-0.39, 0.29) is 0 Å². The molecule has 0 aliphatic heterocycles. The third kappa shape index (κ3) is 21.8. The maximum Gasteiger partial charge on any atom is 0.303 e. The number of hydrogen-bond acceptors (Lipinski definition) is 5. The summed E-state index contributed by atoms with van der Waals surface area (Å²) in [6, 6.07) is 0. The molecule has 6 heteroatoms. The molecule has 0 fully saturated rings. The van der Waals surface area contributed by atoms with Crippen molar-refractivity contribution in [3.05, 3.63) is 0 Å². The highest BCUT2D eigenvalue weighted by Gasteiger charge is 2.26. The van der Waals surface area contributed by atoms with Crippen molar-refractivity contribution < 1.29 is 30.3 Å². The van der Waals surface area contributed by atoms with Crippen LogP contribution >= 0.6 is 0 Å². The average Bonchev–Trinajstić information content (AvgIpc) is 2.73. The van der Waals surface area contributed by atoms with E-state index in [9.17, 15) is 4.79 Å². The number of hydrogen-bond donors (Lipinski definition) is 5. The quantitative estimate of drug-likeness (QED) is 0.188. The van der Waals surface area contributed by atoms with Crippen LogP contribution in [0.5, 0.6) is 0 Å². The number of aliphatic hydroxyl groups is 4. The van der Waals surface area contributed by atoms with Gasteiger partial charge in [0, 0.05) is 6.42 Å². The van der Waals surface area contributed by atoms with Gasteiger partial charge in [-0.3, -0.25) is 4.79 Å². The van der Waals surface area contributed by atoms with Gasteiger partial charge in [0.2, 0.25) is 0 Å². The lowest BCUT2D eigenvalue weighted by atomic mass is 9.93. The molecule has 0 atom stereocenters. The van der Waals surface area contributed by atoms with E-state index < -0.39 is 37.8 Å². The van der Waals surface area contributed by atoms with Crippen LogP contribution in [0.3, 0.4) is 0 Å². The van der Waals surface area contributed by atoms with Crippen molar-refractivity contribution in [2.75, 3.05) is 26.4 Å². The zero-order valence-corrected chi connectivity index (χ0v) is 18.8. The second-order valence-electron chi connectivity index (χ2n) is 8.23. The summed E-state index contributed by atoms with van der Waals surface area (Å²) < 4.78 is 0. The first-order valence-corrected chi connectivity index (χ1v) is 11.7. The zero-order valence-electron chi connectivity index (χ0n) is 18.8. The van der Waals surface area contributed by atoms with Gasteiger partial charge in [-0.1, -0.05) is 96.8 Å². The lowest BCUT2D eigenvalue weighted by Gasteiger charge is -2.23. The predicted octanol–water partition coefficient (Wildman–Crippen LogP) is 4.27. The van der Waals surface area contributed by atoms with Crippen LogP contribution in [0.25, 0.3) is 0 Å². The van der Waals surface area contributed by atoms with Crippen molar-refractivity contribution in [1.29, 1.82) is 0 Å². The topological polar surface area (TPSA) is 118 Å². The third-order valence-electron chi connectivity index (χ3n) is 5.34. The molecule has 0 rings (SSSR count). The van der Waals surface area contributed by atoms with Gasteiger partial charge in [0.15, 0.2) is 0 Å². The van der Waals surface area contributed by atoms with E-state index in [2.05, 4.69) is 6.92 Å². The summed E-state index contributed by atoms with van der Waals surface area (Å²) in [7, 11) is 0. The van der Waals surface area contributed by atoms with Crippen LogP contribution < -0.4 is 0 Å². The molecule has 0 aliphatic rings. The van der Waals surface area contributed by atoms with Crippen molar-refractivity contribution >= 4 is 5.97 Å². The Hall–Kier alpha value is -0.690. The Labute approximate surface area is 178 Å². The molecule has 6 nitrogen and oxygen atoms in total. The van der Waals surface area contributed by atoms with Gasteiger partial charge in [-0.25, -0.2) is 0 Å². The summed E-state index contributed by atoms with van der Waals surface area (Å²) in [5.41, 5.74) is -1.11. The van der Waals surface area contributed by atoms with Crippen molar-refractivity contribution in [3.8, 4) is 0 Å². The van der Waals surface area contributed by atoms with E-state index >= 15 is 0 Å². The number of carboxylic acid groups (broad SMARTS) is 1. The van der Waals surface area contributed by atoms with Crippen LogP contribution in [0.2, 0.25) is 0 Å². The molecule has 0 aromatic carbocycles. The Morgan fingerprint density at radius 2 is 0.828 bits per heavy atom. The third-order valence-corrected chi connectivity index (χ3v) is 5.34. The van der Waals surface area contributed by atoms with Gasteiger partial charge in [-0.05, 0) is 6.42 Å². The van der Waals surface area contributed by atoms with E-state index in [0.717, 1.165) is 12.8 Å². The molecule has 0 aliphatic carbocycles. The predicted molar refractivity (Wildman–Crippen MR) is 118 cm³/mol. The fourth-order valence-electron chi connectivity index (χ4n) is 2.95. The summed E-state index contributed by atoms with van der Waals surface area (Å²) in [5.74, 6) is -0.653. The van der Waals surface area contributed by atoms with Gasteiger partial charge in [0.1, 0.15) is 0 Å². The van der Waals surface area contributed by atoms with Gasteiger partial charge in [0.05, 0.1) is 31.8 Å². The fraction of sp³-hybridized carbons (Fsp3) is 0.957. The molecule has 29 heavy (non-hydrogen) atoms.